The summed E-state index contributed by atoms with van der Waals surface area (Å²) in [6.07, 6.45) is 0.177. The van der Waals surface area contributed by atoms with E-state index in [1.54, 1.807) is 18.3 Å². The molecule has 0 aliphatic heterocycles. The molecule has 0 amide bonds. The van der Waals surface area contributed by atoms with E-state index in [-0.39, 0.29) is 0 Å². The highest BCUT2D eigenvalue weighted by Crippen LogP contribution is 2.31. The molecule has 1 aromatic carbocycles. The summed E-state index contributed by atoms with van der Waals surface area (Å²) in [5.41, 5.74) is 0.949. The van der Waals surface area contributed by atoms with Gasteiger partial charge in [0.05, 0.1) is 5.56 Å². The fraction of sp³-hybridized carbons (Fsp3) is 0.0625. The molecule has 0 radical (unpaired) electrons. The topological polar surface area (TPSA) is 50.7 Å². The molecular weight excluding hydrogens is 341 g/mol. The van der Waals surface area contributed by atoms with E-state index in [2.05, 4.69) is 20.3 Å². The predicted octanol–water partition coefficient (Wildman–Crippen LogP) is 4.95. The van der Waals surface area contributed by atoms with Gasteiger partial charge in [-0.1, -0.05) is 11.6 Å². The molecule has 0 atom stereocenters. The van der Waals surface area contributed by atoms with E-state index in [1.165, 1.54) is 24.5 Å². The monoisotopic (exact) mass is 350 g/mol. The van der Waals surface area contributed by atoms with Crippen LogP contribution in [-0.4, -0.2) is 15.0 Å². The standard InChI is InChI=1S/C16H10ClF3N4/c17-13-6-1-10(9-23-13)14-15(22-8-7-21-14)24-12-4-2-11(3-5-12)16(18,19)20/h1-9H,(H,22,24). The van der Waals surface area contributed by atoms with Gasteiger partial charge in [-0.05, 0) is 36.4 Å². The first-order valence-electron chi connectivity index (χ1n) is 6.81. The molecule has 0 fully saturated rings. The molecule has 0 aliphatic carbocycles. The Morgan fingerprint density at radius 2 is 1.58 bits per heavy atom. The third kappa shape index (κ3) is 3.62. The van der Waals surface area contributed by atoms with E-state index in [4.69, 9.17) is 11.6 Å². The van der Waals surface area contributed by atoms with Crippen LogP contribution in [0.4, 0.5) is 24.7 Å². The molecule has 0 saturated carbocycles. The zero-order valence-electron chi connectivity index (χ0n) is 12.0. The van der Waals surface area contributed by atoms with Crippen molar-refractivity contribution in [3.8, 4) is 11.3 Å². The zero-order chi connectivity index (χ0) is 17.2. The van der Waals surface area contributed by atoms with Crippen molar-refractivity contribution in [1.82, 2.24) is 15.0 Å². The van der Waals surface area contributed by atoms with E-state index < -0.39 is 11.7 Å². The van der Waals surface area contributed by atoms with Crippen LogP contribution in [0, 0.1) is 0 Å². The molecule has 0 saturated heterocycles. The van der Waals surface area contributed by atoms with Gasteiger partial charge in [0.1, 0.15) is 10.8 Å². The SMILES string of the molecule is FC(F)(F)c1ccc(Nc2nccnc2-c2ccc(Cl)nc2)cc1. The van der Waals surface area contributed by atoms with Gasteiger partial charge in [-0.25, -0.2) is 9.97 Å². The first-order valence-corrected chi connectivity index (χ1v) is 7.18. The molecule has 8 heteroatoms. The van der Waals surface area contributed by atoms with Crippen LogP contribution in [0.1, 0.15) is 5.56 Å². The fourth-order valence-corrected chi connectivity index (χ4v) is 2.15. The highest BCUT2D eigenvalue weighted by molar-refractivity contribution is 6.29. The molecule has 3 rings (SSSR count). The molecule has 2 heterocycles. The van der Waals surface area contributed by atoms with Gasteiger partial charge in [0.15, 0.2) is 5.82 Å². The summed E-state index contributed by atoms with van der Waals surface area (Å²) in [7, 11) is 0. The van der Waals surface area contributed by atoms with Gasteiger partial charge in [0.2, 0.25) is 0 Å². The molecule has 1 N–H and O–H groups in total. The van der Waals surface area contributed by atoms with Gasteiger partial charge in [-0.2, -0.15) is 13.2 Å². The Kier molecular flexibility index (Phi) is 4.35. The maximum Gasteiger partial charge on any atom is 0.416 e. The third-order valence-electron chi connectivity index (χ3n) is 3.17. The lowest BCUT2D eigenvalue weighted by Crippen LogP contribution is -2.05. The lowest BCUT2D eigenvalue weighted by atomic mass is 10.2. The molecule has 0 spiro atoms. The molecule has 0 unspecified atom stereocenters. The Balaban J connectivity index is 1.89. The van der Waals surface area contributed by atoms with Gasteiger partial charge in [-0.15, -0.1) is 0 Å². The molecule has 122 valence electrons. The zero-order valence-corrected chi connectivity index (χ0v) is 12.8. The average Bonchev–Trinajstić information content (AvgIpc) is 2.56. The van der Waals surface area contributed by atoms with Crippen LogP contribution >= 0.6 is 11.6 Å². The van der Waals surface area contributed by atoms with Gasteiger partial charge in [-0.3, -0.25) is 4.98 Å². The number of aromatic nitrogens is 3. The van der Waals surface area contributed by atoms with Gasteiger partial charge in [0, 0.05) is 29.8 Å². The van der Waals surface area contributed by atoms with E-state index in [1.807, 2.05) is 0 Å². The minimum Gasteiger partial charge on any atom is -0.338 e. The Morgan fingerprint density at radius 1 is 0.875 bits per heavy atom. The summed E-state index contributed by atoms with van der Waals surface area (Å²) >= 11 is 5.77. The van der Waals surface area contributed by atoms with Crippen molar-refractivity contribution < 1.29 is 13.2 Å². The number of hydrogen-bond acceptors (Lipinski definition) is 4. The van der Waals surface area contributed by atoms with Crippen LogP contribution in [0.25, 0.3) is 11.3 Å². The fourth-order valence-electron chi connectivity index (χ4n) is 2.04. The summed E-state index contributed by atoms with van der Waals surface area (Å²) in [6, 6.07) is 8.03. The summed E-state index contributed by atoms with van der Waals surface area (Å²) < 4.78 is 37.8. The molecule has 24 heavy (non-hydrogen) atoms. The Hall–Kier alpha value is -2.67. The normalized spacial score (nSPS) is 11.3. The maximum atomic E-state index is 12.6. The van der Waals surface area contributed by atoms with Crippen LogP contribution in [-0.2, 0) is 6.18 Å². The number of alkyl halides is 3. The van der Waals surface area contributed by atoms with Crippen LogP contribution in [0.15, 0.2) is 55.0 Å². The lowest BCUT2D eigenvalue weighted by molar-refractivity contribution is -0.137. The highest BCUT2D eigenvalue weighted by atomic mass is 35.5. The van der Waals surface area contributed by atoms with Crippen molar-refractivity contribution in [2.75, 3.05) is 5.32 Å². The van der Waals surface area contributed by atoms with Crippen LogP contribution in [0.2, 0.25) is 5.15 Å². The Labute approximate surface area is 140 Å². The average molecular weight is 351 g/mol. The molecule has 4 nitrogen and oxygen atoms in total. The predicted molar refractivity (Wildman–Crippen MR) is 85.0 cm³/mol. The molecule has 0 bridgehead atoms. The number of pyridine rings is 1. The first kappa shape index (κ1) is 16.2. The van der Waals surface area contributed by atoms with E-state index in [0.717, 1.165) is 12.1 Å². The highest BCUT2D eigenvalue weighted by Gasteiger charge is 2.29. The maximum absolute atomic E-state index is 12.6. The summed E-state index contributed by atoms with van der Waals surface area (Å²) in [4.78, 5) is 12.4. The van der Waals surface area contributed by atoms with Gasteiger partial charge in [0.25, 0.3) is 0 Å². The van der Waals surface area contributed by atoms with Gasteiger partial charge < -0.3 is 5.32 Å². The first-order chi connectivity index (χ1) is 11.4. The quantitative estimate of drug-likeness (QED) is 0.679. The minimum atomic E-state index is -4.37. The second-order valence-electron chi connectivity index (χ2n) is 4.82. The Morgan fingerprint density at radius 3 is 2.21 bits per heavy atom. The number of rotatable bonds is 3. The number of halogens is 4. The second kappa shape index (κ2) is 6.45. The van der Waals surface area contributed by atoms with E-state index in [0.29, 0.717) is 27.9 Å². The molecule has 3 aromatic rings. The third-order valence-corrected chi connectivity index (χ3v) is 3.40. The Bertz CT molecular complexity index is 833. The van der Waals surface area contributed by atoms with Crippen LogP contribution in [0.3, 0.4) is 0 Å². The number of nitrogens with zero attached hydrogens (tertiary/aromatic N) is 3. The minimum absolute atomic E-state index is 0.347. The summed E-state index contributed by atoms with van der Waals surface area (Å²) in [5.74, 6) is 0.404. The number of hydrogen-bond donors (Lipinski definition) is 1. The van der Waals surface area contributed by atoms with Crippen molar-refractivity contribution in [1.29, 1.82) is 0 Å². The van der Waals surface area contributed by atoms with Crippen LogP contribution < -0.4 is 5.32 Å². The lowest BCUT2D eigenvalue weighted by Gasteiger charge is -2.11. The van der Waals surface area contributed by atoms with Crippen molar-refractivity contribution in [2.45, 2.75) is 6.18 Å². The van der Waals surface area contributed by atoms with Crippen molar-refractivity contribution in [2.24, 2.45) is 0 Å². The summed E-state index contributed by atoms with van der Waals surface area (Å²) in [6.45, 7) is 0. The second-order valence-corrected chi connectivity index (χ2v) is 5.21. The molecule has 2 aromatic heterocycles. The van der Waals surface area contributed by atoms with E-state index >= 15 is 0 Å². The largest absolute Gasteiger partial charge is 0.416 e. The van der Waals surface area contributed by atoms with Gasteiger partial charge >= 0.3 is 6.18 Å². The smallest absolute Gasteiger partial charge is 0.338 e. The van der Waals surface area contributed by atoms with Crippen molar-refractivity contribution >= 4 is 23.1 Å². The van der Waals surface area contributed by atoms with Crippen molar-refractivity contribution in [3.63, 3.8) is 0 Å². The van der Waals surface area contributed by atoms with Crippen molar-refractivity contribution in [3.05, 3.63) is 65.7 Å². The summed E-state index contributed by atoms with van der Waals surface area (Å²) in [5, 5.41) is 3.31. The molecule has 0 aliphatic rings. The van der Waals surface area contributed by atoms with Crippen LogP contribution in [0.5, 0.6) is 0 Å². The number of anilines is 2. The number of benzene rings is 1. The molecular formula is C16H10ClF3N4. The number of nitrogens with one attached hydrogen (secondary N) is 1. The van der Waals surface area contributed by atoms with E-state index in [9.17, 15) is 13.2 Å².